The fourth-order valence-electron chi connectivity index (χ4n) is 2.92. The van der Waals surface area contributed by atoms with Gasteiger partial charge >= 0.3 is 0 Å². The number of hydrogen-bond acceptors (Lipinski definition) is 6. The number of rotatable bonds is 3. The van der Waals surface area contributed by atoms with Gasteiger partial charge in [-0.3, -0.25) is 10.2 Å². The topological polar surface area (TPSA) is 63.0 Å². The molecule has 0 radical (unpaired) electrons. The molecule has 2 aromatic carbocycles. The Balaban J connectivity index is 1.83. The molecule has 1 atom stereocenters. The van der Waals surface area contributed by atoms with Gasteiger partial charge in [-0.1, -0.05) is 42.1 Å². The van der Waals surface area contributed by atoms with Crippen LogP contribution < -0.4 is 4.74 Å². The highest BCUT2D eigenvalue weighted by Gasteiger charge is 2.38. The van der Waals surface area contributed by atoms with Gasteiger partial charge in [-0.2, -0.15) is 0 Å². The van der Waals surface area contributed by atoms with Crippen LogP contribution in [0.1, 0.15) is 16.5 Å². The summed E-state index contributed by atoms with van der Waals surface area (Å²) in [6.45, 7) is 0. The number of benzene rings is 2. The highest BCUT2D eigenvalue weighted by atomic mass is 32.2. The molecular weight excluding hydrogens is 352 g/mol. The van der Waals surface area contributed by atoms with Crippen molar-refractivity contribution in [3.05, 3.63) is 63.5 Å². The number of ether oxygens (including phenoxy) is 1. The van der Waals surface area contributed by atoms with E-state index in [2.05, 4.69) is 4.98 Å². The molecular formula is C19H14N2O2S2. The fourth-order valence-corrected chi connectivity index (χ4v) is 4.71. The largest absolute Gasteiger partial charge is 0.496 e. The third-order valence-electron chi connectivity index (χ3n) is 4.11. The maximum atomic E-state index is 12.9. The molecule has 1 saturated heterocycles. The monoisotopic (exact) mass is 366 g/mol. The number of hydrogen-bond donors (Lipinski definition) is 1. The molecule has 2 heterocycles. The van der Waals surface area contributed by atoms with E-state index in [1.807, 2.05) is 47.9 Å². The number of fused-ring (bicyclic) bond motifs is 1. The molecule has 0 aliphatic carbocycles. The molecule has 1 N–H and O–H groups in total. The molecule has 25 heavy (non-hydrogen) atoms. The molecule has 0 bridgehead atoms. The van der Waals surface area contributed by atoms with E-state index in [1.54, 1.807) is 13.3 Å². The smallest absolute Gasteiger partial charge is 0.186 e. The molecule has 1 fully saturated rings. The number of methoxy groups -OCH3 is 1. The Hall–Kier alpha value is -2.44. The molecule has 4 nitrogen and oxygen atoms in total. The van der Waals surface area contributed by atoms with Gasteiger partial charge in [0, 0.05) is 17.1 Å². The summed E-state index contributed by atoms with van der Waals surface area (Å²) in [5.41, 5.74) is 0.865. The van der Waals surface area contributed by atoms with E-state index in [1.165, 1.54) is 23.1 Å². The third kappa shape index (κ3) is 2.77. The van der Waals surface area contributed by atoms with Gasteiger partial charge in [0.2, 0.25) is 0 Å². The zero-order valence-electron chi connectivity index (χ0n) is 13.4. The number of nitrogens with one attached hydrogen (secondary N) is 1. The van der Waals surface area contributed by atoms with E-state index in [0.29, 0.717) is 20.7 Å². The van der Waals surface area contributed by atoms with E-state index in [9.17, 15) is 4.79 Å². The van der Waals surface area contributed by atoms with E-state index in [-0.39, 0.29) is 5.78 Å². The Morgan fingerprint density at radius 1 is 1.24 bits per heavy atom. The molecule has 0 saturated carbocycles. The normalized spacial score (nSPS) is 19.1. The summed E-state index contributed by atoms with van der Waals surface area (Å²) in [6, 6.07) is 11.9. The number of allylic oxidation sites excluding steroid dienone is 1. The van der Waals surface area contributed by atoms with Crippen LogP contribution in [-0.4, -0.2) is 22.9 Å². The van der Waals surface area contributed by atoms with Gasteiger partial charge in [-0.15, -0.1) is 11.3 Å². The number of thiazole rings is 1. The van der Waals surface area contributed by atoms with Crippen molar-refractivity contribution in [3.63, 3.8) is 0 Å². The highest BCUT2D eigenvalue weighted by molar-refractivity contribution is 8.19. The van der Waals surface area contributed by atoms with Crippen LogP contribution in [0.5, 0.6) is 5.75 Å². The molecule has 1 aliphatic rings. The average Bonchev–Trinajstić information content (AvgIpc) is 3.23. The standard InChI is InChI=1S/C19H14N2O2S2/c1-23-14-7-6-11-4-2-3-5-12(11)13(14)10-15-17(22)16(18(20)25-15)19-21-8-9-24-19/h2-10,16,20H,1H3/b15-10-,20-18?/t16-/m0/s1. The summed E-state index contributed by atoms with van der Waals surface area (Å²) in [5.74, 6) is 0.0704. The van der Waals surface area contributed by atoms with Gasteiger partial charge < -0.3 is 4.74 Å². The minimum absolute atomic E-state index is 0.0695. The lowest BCUT2D eigenvalue weighted by atomic mass is 10.0. The average molecular weight is 366 g/mol. The number of thioether (sulfide) groups is 1. The summed E-state index contributed by atoms with van der Waals surface area (Å²) in [6.07, 6.45) is 3.51. The van der Waals surface area contributed by atoms with Crippen LogP contribution >= 0.6 is 23.1 Å². The number of nitrogens with zero attached hydrogens (tertiary/aromatic N) is 1. The molecule has 1 aromatic heterocycles. The predicted octanol–water partition coefficient (Wildman–Crippen LogP) is 4.72. The van der Waals surface area contributed by atoms with Crippen LogP contribution in [0.25, 0.3) is 16.8 Å². The van der Waals surface area contributed by atoms with Crippen LogP contribution in [0.2, 0.25) is 0 Å². The minimum atomic E-state index is -0.572. The lowest BCUT2D eigenvalue weighted by Gasteiger charge is -2.09. The number of carbonyl (C=O) groups excluding carboxylic acids is 1. The molecule has 1 aliphatic heterocycles. The second-order valence-corrected chi connectivity index (χ2v) is 7.56. The highest BCUT2D eigenvalue weighted by Crippen LogP contribution is 2.42. The second-order valence-electron chi connectivity index (χ2n) is 5.55. The van der Waals surface area contributed by atoms with Crippen molar-refractivity contribution >= 4 is 50.8 Å². The summed E-state index contributed by atoms with van der Waals surface area (Å²) < 4.78 is 5.50. The lowest BCUT2D eigenvalue weighted by molar-refractivity contribution is -0.114. The van der Waals surface area contributed by atoms with Crippen molar-refractivity contribution in [1.82, 2.24) is 4.98 Å². The number of Topliss-reactive ketones (excluding diaryl/α,β-unsaturated/α-hetero) is 1. The zero-order valence-corrected chi connectivity index (χ0v) is 15.0. The van der Waals surface area contributed by atoms with Crippen molar-refractivity contribution in [1.29, 1.82) is 5.41 Å². The summed E-state index contributed by atoms with van der Waals surface area (Å²) in [4.78, 5) is 17.6. The molecule has 0 unspecified atom stereocenters. The summed E-state index contributed by atoms with van der Waals surface area (Å²) in [7, 11) is 1.62. The van der Waals surface area contributed by atoms with Crippen LogP contribution in [0.3, 0.4) is 0 Å². The minimum Gasteiger partial charge on any atom is -0.496 e. The van der Waals surface area contributed by atoms with E-state index in [4.69, 9.17) is 10.1 Å². The number of ketones is 1. The Morgan fingerprint density at radius 3 is 2.84 bits per heavy atom. The summed E-state index contributed by atoms with van der Waals surface area (Å²) in [5, 5.41) is 13.1. The first-order valence-corrected chi connectivity index (χ1v) is 9.36. The van der Waals surface area contributed by atoms with E-state index >= 15 is 0 Å². The van der Waals surface area contributed by atoms with Gasteiger partial charge in [-0.05, 0) is 22.9 Å². The first-order valence-electron chi connectivity index (χ1n) is 7.66. The molecule has 0 spiro atoms. The van der Waals surface area contributed by atoms with Gasteiger partial charge in [0.25, 0.3) is 0 Å². The Morgan fingerprint density at radius 2 is 2.08 bits per heavy atom. The Kier molecular flexibility index (Phi) is 4.15. The first kappa shape index (κ1) is 16.1. The zero-order chi connectivity index (χ0) is 17.4. The predicted molar refractivity (Wildman–Crippen MR) is 104 cm³/mol. The lowest BCUT2D eigenvalue weighted by Crippen LogP contribution is -2.11. The van der Waals surface area contributed by atoms with Crippen molar-refractivity contribution in [2.75, 3.05) is 7.11 Å². The molecule has 6 heteroatoms. The maximum Gasteiger partial charge on any atom is 0.186 e. The van der Waals surface area contributed by atoms with Gasteiger partial charge in [0.05, 0.1) is 17.1 Å². The first-order chi connectivity index (χ1) is 12.2. The summed E-state index contributed by atoms with van der Waals surface area (Å²) >= 11 is 2.62. The van der Waals surface area contributed by atoms with Crippen molar-refractivity contribution in [3.8, 4) is 5.75 Å². The Bertz CT molecular complexity index is 1010. The quantitative estimate of drug-likeness (QED) is 0.681. The van der Waals surface area contributed by atoms with Crippen LogP contribution in [0.4, 0.5) is 0 Å². The fraction of sp³-hybridized carbons (Fsp3) is 0.105. The molecule has 4 rings (SSSR count). The third-order valence-corrected chi connectivity index (χ3v) is 5.95. The second kappa shape index (κ2) is 6.46. The van der Waals surface area contributed by atoms with Gasteiger partial charge in [-0.25, -0.2) is 4.98 Å². The van der Waals surface area contributed by atoms with Crippen LogP contribution in [-0.2, 0) is 4.79 Å². The van der Waals surface area contributed by atoms with Crippen molar-refractivity contribution in [2.24, 2.45) is 0 Å². The van der Waals surface area contributed by atoms with E-state index < -0.39 is 5.92 Å². The van der Waals surface area contributed by atoms with Crippen LogP contribution in [0.15, 0.2) is 52.9 Å². The molecule has 3 aromatic rings. The molecule has 0 amide bonds. The maximum absolute atomic E-state index is 12.9. The van der Waals surface area contributed by atoms with Gasteiger partial charge in [0.1, 0.15) is 16.7 Å². The number of aromatic nitrogens is 1. The van der Waals surface area contributed by atoms with E-state index in [0.717, 1.165) is 16.3 Å². The Labute approximate surface area is 153 Å². The van der Waals surface area contributed by atoms with Crippen molar-refractivity contribution in [2.45, 2.75) is 5.92 Å². The SMILES string of the molecule is COc1ccc2ccccc2c1/C=C1\SC(=N)[C@@H](c2nccs2)C1=O. The van der Waals surface area contributed by atoms with Gasteiger partial charge in [0.15, 0.2) is 5.78 Å². The molecule has 124 valence electrons. The van der Waals surface area contributed by atoms with Crippen LogP contribution in [0, 0.1) is 5.41 Å². The number of carbonyl (C=O) groups is 1. The van der Waals surface area contributed by atoms with Crippen molar-refractivity contribution < 1.29 is 9.53 Å².